The molecule has 168 valence electrons. The molecular formula is C24H35N5O2. The maximum absolute atomic E-state index is 12.4. The highest BCUT2D eigenvalue weighted by Gasteiger charge is 2.34. The van der Waals surface area contributed by atoms with Gasteiger partial charge in [0.1, 0.15) is 5.60 Å². The number of carbonyl (C=O) groups excluding carboxylic acids is 1. The molecule has 0 bridgehead atoms. The molecule has 0 atom stereocenters. The van der Waals surface area contributed by atoms with E-state index < -0.39 is 5.60 Å². The molecule has 0 unspecified atom stereocenters. The molecule has 7 nitrogen and oxygen atoms in total. The summed E-state index contributed by atoms with van der Waals surface area (Å²) < 4.78 is 7.69. The Morgan fingerprint density at radius 1 is 1.23 bits per heavy atom. The van der Waals surface area contributed by atoms with Crippen molar-refractivity contribution in [3.8, 4) is 11.3 Å². The Morgan fingerprint density at radius 2 is 1.94 bits per heavy atom. The molecule has 1 aliphatic carbocycles. The average Bonchev–Trinajstić information content (AvgIpc) is 3.11. The van der Waals surface area contributed by atoms with E-state index >= 15 is 0 Å². The zero-order valence-electron chi connectivity index (χ0n) is 19.2. The van der Waals surface area contributed by atoms with Gasteiger partial charge in [-0.05, 0) is 78.0 Å². The molecule has 4 rings (SSSR count). The average molecular weight is 426 g/mol. The summed E-state index contributed by atoms with van der Waals surface area (Å²) in [6.07, 6.45) is 5.90. The van der Waals surface area contributed by atoms with Gasteiger partial charge in [0.25, 0.3) is 0 Å². The summed E-state index contributed by atoms with van der Waals surface area (Å²) in [5.74, 6) is 0.915. The standard InChI is InChI=1S/C24H35N5O2/c1-16-6-5-7-21(26-16)20-15-29(19-12-17(13-19)14-25)27-22(20)18-8-10-28(11-9-18)23(30)31-24(2,3)4/h5-7,15,17-19H,8-14,25H2,1-4H3. The Morgan fingerprint density at radius 3 is 2.55 bits per heavy atom. The van der Waals surface area contributed by atoms with Gasteiger partial charge in [-0.1, -0.05) is 6.07 Å². The Labute approximate surface area is 185 Å². The van der Waals surface area contributed by atoms with Crippen LogP contribution in [0.15, 0.2) is 24.4 Å². The maximum atomic E-state index is 12.4. The van der Waals surface area contributed by atoms with Crippen LogP contribution in [0.4, 0.5) is 4.79 Å². The van der Waals surface area contributed by atoms with Gasteiger partial charge in [-0.3, -0.25) is 9.67 Å². The van der Waals surface area contributed by atoms with E-state index in [-0.39, 0.29) is 6.09 Å². The van der Waals surface area contributed by atoms with Crippen molar-refractivity contribution in [2.75, 3.05) is 19.6 Å². The number of aromatic nitrogens is 3. The van der Waals surface area contributed by atoms with Gasteiger partial charge in [-0.2, -0.15) is 5.10 Å². The van der Waals surface area contributed by atoms with Crippen molar-refractivity contribution < 1.29 is 9.53 Å². The maximum Gasteiger partial charge on any atom is 0.410 e. The number of nitrogens with zero attached hydrogens (tertiary/aromatic N) is 4. The van der Waals surface area contributed by atoms with Gasteiger partial charge < -0.3 is 15.4 Å². The van der Waals surface area contributed by atoms with Crippen molar-refractivity contribution in [2.45, 2.75) is 70.9 Å². The van der Waals surface area contributed by atoms with Gasteiger partial charge in [0.15, 0.2) is 0 Å². The highest BCUT2D eigenvalue weighted by Crippen LogP contribution is 2.40. The third-order valence-corrected chi connectivity index (χ3v) is 6.38. The first-order chi connectivity index (χ1) is 14.7. The van der Waals surface area contributed by atoms with Crippen LogP contribution < -0.4 is 5.73 Å². The van der Waals surface area contributed by atoms with E-state index in [1.165, 1.54) is 0 Å². The van der Waals surface area contributed by atoms with Crippen LogP contribution >= 0.6 is 0 Å². The van der Waals surface area contributed by atoms with Crippen LogP contribution in [0.25, 0.3) is 11.3 Å². The summed E-state index contributed by atoms with van der Waals surface area (Å²) in [6.45, 7) is 9.85. The SMILES string of the molecule is Cc1cccc(-c2cn(C3CC(CN)C3)nc2C2CCN(C(=O)OC(C)(C)C)CC2)n1. The molecule has 1 saturated heterocycles. The zero-order chi connectivity index (χ0) is 22.2. The largest absolute Gasteiger partial charge is 0.444 e. The summed E-state index contributed by atoms with van der Waals surface area (Å²) in [5, 5.41) is 5.06. The lowest BCUT2D eigenvalue weighted by Gasteiger charge is -2.35. The molecule has 3 heterocycles. The minimum atomic E-state index is -0.471. The number of ether oxygens (including phenoxy) is 1. The van der Waals surface area contributed by atoms with E-state index in [1.54, 1.807) is 0 Å². The molecule has 2 N–H and O–H groups in total. The fraction of sp³-hybridized carbons (Fsp3) is 0.625. The quantitative estimate of drug-likeness (QED) is 0.790. The van der Waals surface area contributed by atoms with Crippen LogP contribution in [0.5, 0.6) is 0 Å². The van der Waals surface area contributed by atoms with Gasteiger partial charge in [0, 0.05) is 36.5 Å². The third kappa shape index (κ3) is 4.92. The van der Waals surface area contributed by atoms with Crippen LogP contribution in [-0.2, 0) is 4.74 Å². The molecule has 31 heavy (non-hydrogen) atoms. The molecule has 7 heteroatoms. The minimum absolute atomic E-state index is 0.223. The fourth-order valence-corrected chi connectivity index (χ4v) is 4.56. The van der Waals surface area contributed by atoms with E-state index in [2.05, 4.69) is 23.0 Å². The highest BCUT2D eigenvalue weighted by atomic mass is 16.6. The normalized spacial score (nSPS) is 22.3. The van der Waals surface area contributed by atoms with E-state index in [1.807, 2.05) is 38.7 Å². The predicted molar refractivity (Wildman–Crippen MR) is 121 cm³/mol. The number of hydrogen-bond donors (Lipinski definition) is 1. The van der Waals surface area contributed by atoms with Crippen molar-refractivity contribution in [3.05, 3.63) is 35.8 Å². The molecule has 2 aromatic rings. The lowest BCUT2D eigenvalue weighted by molar-refractivity contribution is 0.0204. The number of aryl methyl sites for hydroxylation is 1. The zero-order valence-corrected chi connectivity index (χ0v) is 19.2. The first-order valence-corrected chi connectivity index (χ1v) is 11.4. The first kappa shape index (κ1) is 21.8. The Kier molecular flexibility index (Phi) is 6.06. The van der Waals surface area contributed by atoms with E-state index in [0.717, 1.165) is 54.9 Å². The number of pyridine rings is 1. The molecule has 2 fully saturated rings. The van der Waals surface area contributed by atoms with Gasteiger partial charge in [-0.25, -0.2) is 4.79 Å². The van der Waals surface area contributed by atoms with Crippen molar-refractivity contribution in [2.24, 2.45) is 11.7 Å². The summed E-state index contributed by atoms with van der Waals surface area (Å²) in [4.78, 5) is 19.0. The minimum Gasteiger partial charge on any atom is -0.444 e. The van der Waals surface area contributed by atoms with Gasteiger partial charge in [0.2, 0.25) is 0 Å². The number of likely N-dealkylation sites (tertiary alicyclic amines) is 1. The fourth-order valence-electron chi connectivity index (χ4n) is 4.56. The van der Waals surface area contributed by atoms with Crippen molar-refractivity contribution in [1.82, 2.24) is 19.7 Å². The van der Waals surface area contributed by atoms with Crippen molar-refractivity contribution in [3.63, 3.8) is 0 Å². The molecule has 0 aromatic carbocycles. The van der Waals surface area contributed by atoms with E-state index in [0.29, 0.717) is 31.0 Å². The van der Waals surface area contributed by atoms with Crippen LogP contribution in [0, 0.1) is 12.8 Å². The van der Waals surface area contributed by atoms with Crippen LogP contribution in [-0.4, -0.2) is 51.0 Å². The highest BCUT2D eigenvalue weighted by molar-refractivity contribution is 5.68. The molecule has 0 spiro atoms. The van der Waals surface area contributed by atoms with E-state index in [4.69, 9.17) is 20.6 Å². The lowest BCUT2D eigenvalue weighted by atomic mass is 9.80. The van der Waals surface area contributed by atoms with Crippen LogP contribution in [0.1, 0.15) is 69.8 Å². The number of amides is 1. The number of piperidine rings is 1. The van der Waals surface area contributed by atoms with Crippen LogP contribution in [0.3, 0.4) is 0 Å². The predicted octanol–water partition coefficient (Wildman–Crippen LogP) is 4.28. The number of carbonyl (C=O) groups is 1. The molecule has 1 saturated carbocycles. The Balaban J connectivity index is 1.53. The third-order valence-electron chi connectivity index (χ3n) is 6.38. The summed E-state index contributed by atoms with van der Waals surface area (Å²) in [7, 11) is 0. The van der Waals surface area contributed by atoms with Gasteiger partial charge in [-0.15, -0.1) is 0 Å². The molecular weight excluding hydrogens is 390 g/mol. The molecule has 0 radical (unpaired) electrons. The Bertz CT molecular complexity index is 918. The molecule has 2 aliphatic rings. The smallest absolute Gasteiger partial charge is 0.410 e. The summed E-state index contributed by atoms with van der Waals surface area (Å²) in [6, 6.07) is 6.56. The van der Waals surface area contributed by atoms with Gasteiger partial charge in [0.05, 0.1) is 17.4 Å². The second-order valence-corrected chi connectivity index (χ2v) is 10.0. The summed E-state index contributed by atoms with van der Waals surface area (Å²) >= 11 is 0. The van der Waals surface area contributed by atoms with Crippen molar-refractivity contribution >= 4 is 6.09 Å². The monoisotopic (exact) mass is 425 g/mol. The lowest BCUT2D eigenvalue weighted by Crippen LogP contribution is -2.41. The number of nitrogens with two attached hydrogens (primary N) is 1. The first-order valence-electron chi connectivity index (χ1n) is 11.4. The van der Waals surface area contributed by atoms with Gasteiger partial charge >= 0.3 is 6.09 Å². The van der Waals surface area contributed by atoms with Crippen molar-refractivity contribution in [1.29, 1.82) is 0 Å². The molecule has 1 amide bonds. The number of rotatable bonds is 4. The molecule has 2 aromatic heterocycles. The summed E-state index contributed by atoms with van der Waals surface area (Å²) in [5.41, 5.74) is 9.57. The number of hydrogen-bond acceptors (Lipinski definition) is 5. The molecule has 1 aliphatic heterocycles. The topological polar surface area (TPSA) is 86.3 Å². The van der Waals surface area contributed by atoms with Crippen LogP contribution in [0.2, 0.25) is 0 Å². The van der Waals surface area contributed by atoms with E-state index in [9.17, 15) is 4.79 Å². The Hall–Kier alpha value is -2.41. The second-order valence-electron chi connectivity index (χ2n) is 10.0. The second kappa shape index (κ2) is 8.61.